The Bertz CT molecular complexity index is 477. The van der Waals surface area contributed by atoms with Crippen LogP contribution in [0.15, 0.2) is 18.2 Å². The van der Waals surface area contributed by atoms with Gasteiger partial charge in [-0.15, -0.1) is 12.4 Å². The van der Waals surface area contributed by atoms with Crippen molar-refractivity contribution in [2.24, 2.45) is 0 Å². The number of hydrogen-bond donors (Lipinski definition) is 2. The summed E-state index contributed by atoms with van der Waals surface area (Å²) in [4.78, 5) is 11.4. The molecule has 0 aliphatic carbocycles. The molecule has 1 heterocycles. The summed E-state index contributed by atoms with van der Waals surface area (Å²) in [6, 6.07) is 5.46. The summed E-state index contributed by atoms with van der Waals surface area (Å²) in [6.07, 6.45) is -5.00. The van der Waals surface area contributed by atoms with Crippen LogP contribution < -0.4 is 10.6 Å². The molecule has 0 saturated heterocycles. The van der Waals surface area contributed by atoms with Gasteiger partial charge in [-0.2, -0.15) is 13.2 Å². The van der Waals surface area contributed by atoms with Crippen LogP contribution in [0.2, 0.25) is 0 Å². The van der Waals surface area contributed by atoms with Gasteiger partial charge in [0.15, 0.2) is 0 Å². The largest absolute Gasteiger partial charge is 0.389 e. The maximum Gasteiger partial charge on any atom is 0.389 e. The van der Waals surface area contributed by atoms with Gasteiger partial charge in [0.2, 0.25) is 5.91 Å². The molecule has 1 aromatic rings. The van der Waals surface area contributed by atoms with Gasteiger partial charge in [-0.05, 0) is 36.2 Å². The summed E-state index contributed by atoms with van der Waals surface area (Å²) >= 11 is 0. The second kappa shape index (κ2) is 6.95. The lowest BCUT2D eigenvalue weighted by atomic mass is 10.0. The Kier molecular flexibility index (Phi) is 5.83. The van der Waals surface area contributed by atoms with Gasteiger partial charge in [-0.3, -0.25) is 4.79 Å². The third-order valence-electron chi connectivity index (χ3n) is 3.01. The molecule has 0 spiro atoms. The average molecular weight is 309 g/mol. The van der Waals surface area contributed by atoms with Crippen LogP contribution in [0.25, 0.3) is 0 Å². The highest BCUT2D eigenvalue weighted by Gasteiger charge is 2.27. The lowest BCUT2D eigenvalue weighted by molar-refractivity contribution is -0.142. The Labute approximate surface area is 121 Å². The first-order valence-corrected chi connectivity index (χ1v) is 6.13. The molecular formula is C13H16ClF3N2O. The number of nitrogens with one attached hydrogen (secondary N) is 2. The Morgan fingerprint density at radius 2 is 2.05 bits per heavy atom. The van der Waals surface area contributed by atoms with E-state index in [2.05, 4.69) is 10.6 Å². The van der Waals surface area contributed by atoms with Gasteiger partial charge in [0.05, 0.1) is 6.42 Å². The van der Waals surface area contributed by atoms with Gasteiger partial charge >= 0.3 is 6.18 Å². The number of carbonyl (C=O) groups excluding carboxylic acids is 1. The number of anilines is 1. The van der Waals surface area contributed by atoms with Gasteiger partial charge in [-0.1, -0.05) is 6.07 Å². The minimum Gasteiger partial charge on any atom is -0.326 e. The van der Waals surface area contributed by atoms with Gasteiger partial charge in [-0.25, -0.2) is 0 Å². The number of benzene rings is 1. The highest BCUT2D eigenvalue weighted by atomic mass is 35.5. The van der Waals surface area contributed by atoms with E-state index >= 15 is 0 Å². The lowest BCUT2D eigenvalue weighted by Gasteiger charge is -2.18. The predicted molar refractivity (Wildman–Crippen MR) is 73.0 cm³/mol. The van der Waals surface area contributed by atoms with E-state index in [-0.39, 0.29) is 12.4 Å². The van der Waals surface area contributed by atoms with Gasteiger partial charge in [0, 0.05) is 18.7 Å². The van der Waals surface area contributed by atoms with Crippen LogP contribution in [0.5, 0.6) is 0 Å². The SMILES string of the molecule is Cl.O=C(CCC(F)(F)F)Nc1ccc2c(c1)CNCC2. The maximum absolute atomic E-state index is 12.0. The summed E-state index contributed by atoms with van der Waals surface area (Å²) in [5.74, 6) is -0.610. The normalized spacial score (nSPS) is 14.2. The lowest BCUT2D eigenvalue weighted by Crippen LogP contribution is -2.24. The molecule has 0 saturated carbocycles. The number of hydrogen-bond acceptors (Lipinski definition) is 2. The fraction of sp³-hybridized carbons (Fsp3) is 0.462. The molecule has 1 amide bonds. The Morgan fingerprint density at radius 3 is 2.75 bits per heavy atom. The van der Waals surface area contributed by atoms with Crippen molar-refractivity contribution in [1.29, 1.82) is 0 Å². The second-order valence-corrected chi connectivity index (χ2v) is 4.57. The smallest absolute Gasteiger partial charge is 0.326 e. The van der Waals surface area contributed by atoms with Gasteiger partial charge in [0.25, 0.3) is 0 Å². The van der Waals surface area contributed by atoms with E-state index < -0.39 is 24.9 Å². The van der Waals surface area contributed by atoms with Crippen LogP contribution in [-0.4, -0.2) is 18.6 Å². The van der Waals surface area contributed by atoms with Crippen LogP contribution in [-0.2, 0) is 17.8 Å². The molecule has 0 fully saturated rings. The zero-order valence-corrected chi connectivity index (χ0v) is 11.5. The van der Waals surface area contributed by atoms with Crippen molar-refractivity contribution in [2.75, 3.05) is 11.9 Å². The molecule has 1 aliphatic rings. The molecule has 0 atom stereocenters. The molecule has 0 bridgehead atoms. The zero-order chi connectivity index (χ0) is 13.9. The maximum atomic E-state index is 12.0. The summed E-state index contributed by atoms with van der Waals surface area (Å²) in [5, 5.41) is 5.70. The molecule has 0 radical (unpaired) electrons. The number of halogens is 4. The highest BCUT2D eigenvalue weighted by molar-refractivity contribution is 5.90. The quantitative estimate of drug-likeness (QED) is 0.901. The first kappa shape index (κ1) is 16.8. The highest BCUT2D eigenvalue weighted by Crippen LogP contribution is 2.22. The van der Waals surface area contributed by atoms with Crippen molar-refractivity contribution in [1.82, 2.24) is 5.32 Å². The molecule has 2 N–H and O–H groups in total. The first-order valence-electron chi connectivity index (χ1n) is 6.13. The molecule has 112 valence electrons. The standard InChI is InChI=1S/C13H15F3N2O.ClH/c14-13(15,16)5-3-12(19)18-11-2-1-9-4-6-17-8-10(9)7-11;/h1-2,7,17H,3-6,8H2,(H,18,19);1H. The second-order valence-electron chi connectivity index (χ2n) is 4.57. The number of fused-ring (bicyclic) bond motifs is 1. The van der Waals surface area contributed by atoms with E-state index in [1.807, 2.05) is 12.1 Å². The molecule has 7 heteroatoms. The van der Waals surface area contributed by atoms with Gasteiger partial charge < -0.3 is 10.6 Å². The van der Waals surface area contributed by atoms with E-state index in [1.54, 1.807) is 6.07 Å². The van der Waals surface area contributed by atoms with Crippen LogP contribution in [0.4, 0.5) is 18.9 Å². The number of carbonyl (C=O) groups is 1. The number of alkyl halides is 3. The van der Waals surface area contributed by atoms with E-state index in [9.17, 15) is 18.0 Å². The van der Waals surface area contributed by atoms with Crippen molar-refractivity contribution in [3.63, 3.8) is 0 Å². The first-order chi connectivity index (χ1) is 8.94. The van der Waals surface area contributed by atoms with E-state index in [0.717, 1.165) is 25.1 Å². The van der Waals surface area contributed by atoms with Crippen molar-refractivity contribution in [2.45, 2.75) is 32.0 Å². The minimum absolute atomic E-state index is 0. The number of rotatable bonds is 3. The molecule has 1 aromatic carbocycles. The van der Waals surface area contributed by atoms with Crippen molar-refractivity contribution < 1.29 is 18.0 Å². The fourth-order valence-electron chi connectivity index (χ4n) is 2.04. The number of amides is 1. The topological polar surface area (TPSA) is 41.1 Å². The Hall–Kier alpha value is -1.27. The van der Waals surface area contributed by atoms with Crippen LogP contribution >= 0.6 is 12.4 Å². The van der Waals surface area contributed by atoms with Crippen LogP contribution in [0, 0.1) is 0 Å². The van der Waals surface area contributed by atoms with Crippen molar-refractivity contribution >= 4 is 24.0 Å². The summed E-state index contributed by atoms with van der Waals surface area (Å²) in [5.41, 5.74) is 2.85. The minimum atomic E-state index is -4.29. The molecule has 2 rings (SSSR count). The summed E-state index contributed by atoms with van der Waals surface area (Å²) in [6.45, 7) is 1.64. The van der Waals surface area contributed by atoms with Crippen LogP contribution in [0.3, 0.4) is 0 Å². The molecule has 3 nitrogen and oxygen atoms in total. The average Bonchev–Trinajstić information content (AvgIpc) is 2.35. The molecule has 20 heavy (non-hydrogen) atoms. The third-order valence-corrected chi connectivity index (χ3v) is 3.01. The van der Waals surface area contributed by atoms with Gasteiger partial charge in [0.1, 0.15) is 0 Å². The summed E-state index contributed by atoms with van der Waals surface area (Å²) < 4.78 is 36.0. The van der Waals surface area contributed by atoms with E-state index in [1.165, 1.54) is 5.56 Å². The molecule has 0 aromatic heterocycles. The monoisotopic (exact) mass is 308 g/mol. The summed E-state index contributed by atoms with van der Waals surface area (Å²) in [7, 11) is 0. The van der Waals surface area contributed by atoms with E-state index in [0.29, 0.717) is 5.69 Å². The Balaban J connectivity index is 0.00000200. The van der Waals surface area contributed by atoms with E-state index in [4.69, 9.17) is 0 Å². The Morgan fingerprint density at radius 1 is 1.30 bits per heavy atom. The van der Waals surface area contributed by atoms with Crippen molar-refractivity contribution in [3.8, 4) is 0 Å². The van der Waals surface area contributed by atoms with Crippen LogP contribution in [0.1, 0.15) is 24.0 Å². The fourth-order valence-corrected chi connectivity index (χ4v) is 2.04. The molecular weight excluding hydrogens is 293 g/mol. The van der Waals surface area contributed by atoms with Crippen molar-refractivity contribution in [3.05, 3.63) is 29.3 Å². The third kappa shape index (κ3) is 5.02. The molecule has 0 unspecified atom stereocenters. The zero-order valence-electron chi connectivity index (χ0n) is 10.7. The molecule has 1 aliphatic heterocycles. The predicted octanol–water partition coefficient (Wildman–Crippen LogP) is 3.04.